The summed E-state index contributed by atoms with van der Waals surface area (Å²) in [4.78, 5) is 0. The maximum absolute atomic E-state index is 13.5. The molecule has 0 aliphatic heterocycles. The molecule has 0 spiro atoms. The Labute approximate surface area is 107 Å². The Morgan fingerprint density at radius 3 is 2.72 bits per heavy atom. The molecule has 6 heteroatoms. The van der Waals surface area contributed by atoms with Gasteiger partial charge in [-0.2, -0.15) is 0 Å². The van der Waals surface area contributed by atoms with Crippen molar-refractivity contribution < 1.29 is 17.5 Å². The van der Waals surface area contributed by atoms with E-state index in [1.165, 1.54) is 19.2 Å². The highest BCUT2D eigenvalue weighted by atomic mass is 32.2. The number of halogens is 1. The summed E-state index contributed by atoms with van der Waals surface area (Å²) in [7, 11) is -1.80. The summed E-state index contributed by atoms with van der Waals surface area (Å²) < 4.78 is 41.8. The fourth-order valence-electron chi connectivity index (χ4n) is 1.60. The summed E-state index contributed by atoms with van der Waals surface area (Å²) in [6, 6.07) is 4.31. The van der Waals surface area contributed by atoms with Crippen LogP contribution in [0.15, 0.2) is 18.2 Å². The first-order valence-electron chi connectivity index (χ1n) is 5.65. The van der Waals surface area contributed by atoms with Crippen LogP contribution in [0.4, 0.5) is 4.39 Å². The predicted molar refractivity (Wildman–Crippen MR) is 68.3 cm³/mol. The third-order valence-electron chi connectivity index (χ3n) is 2.53. The van der Waals surface area contributed by atoms with Gasteiger partial charge in [-0.3, -0.25) is 0 Å². The Kier molecular flexibility index (Phi) is 5.71. The number of hydrogen-bond acceptors (Lipinski definition) is 4. The summed E-state index contributed by atoms with van der Waals surface area (Å²) in [5.41, 5.74) is 6.34. The van der Waals surface area contributed by atoms with E-state index >= 15 is 0 Å². The van der Waals surface area contributed by atoms with Crippen LogP contribution in [0, 0.1) is 5.82 Å². The van der Waals surface area contributed by atoms with Crippen LogP contribution in [0.3, 0.4) is 0 Å². The average Bonchev–Trinajstić information content (AvgIpc) is 2.32. The molecule has 102 valence electrons. The third kappa shape index (κ3) is 4.72. The molecule has 1 aromatic rings. The fourth-order valence-corrected chi connectivity index (χ4v) is 3.00. The molecule has 0 aliphatic rings. The molecule has 0 aliphatic carbocycles. The Balaban J connectivity index is 2.76. The van der Waals surface area contributed by atoms with Crippen molar-refractivity contribution in [3.05, 3.63) is 35.1 Å². The van der Waals surface area contributed by atoms with E-state index in [4.69, 9.17) is 10.5 Å². The lowest BCUT2D eigenvalue weighted by Gasteiger charge is -2.07. The molecule has 4 nitrogen and oxygen atoms in total. The monoisotopic (exact) mass is 275 g/mol. The Morgan fingerprint density at radius 2 is 2.11 bits per heavy atom. The normalized spacial score (nSPS) is 11.7. The van der Waals surface area contributed by atoms with Crippen LogP contribution in [0.2, 0.25) is 0 Å². The zero-order chi connectivity index (χ0) is 13.6. The van der Waals surface area contributed by atoms with Crippen LogP contribution >= 0.6 is 0 Å². The minimum atomic E-state index is -3.32. The number of sulfone groups is 1. The van der Waals surface area contributed by atoms with Gasteiger partial charge in [-0.25, -0.2) is 12.8 Å². The molecule has 0 bridgehead atoms. The largest absolute Gasteiger partial charge is 0.385 e. The molecule has 0 unspecified atom stereocenters. The van der Waals surface area contributed by atoms with Crippen LogP contribution < -0.4 is 5.73 Å². The van der Waals surface area contributed by atoms with Gasteiger partial charge in [0.25, 0.3) is 0 Å². The van der Waals surface area contributed by atoms with Crippen molar-refractivity contribution in [1.29, 1.82) is 0 Å². The lowest BCUT2D eigenvalue weighted by molar-refractivity contribution is 0.199. The second-order valence-corrected chi connectivity index (χ2v) is 6.25. The molecule has 0 aromatic heterocycles. The number of methoxy groups -OCH3 is 1. The maximum Gasteiger partial charge on any atom is 0.154 e. The van der Waals surface area contributed by atoms with E-state index in [-0.39, 0.29) is 23.6 Å². The summed E-state index contributed by atoms with van der Waals surface area (Å²) in [6.07, 6.45) is 0.414. The quantitative estimate of drug-likeness (QED) is 0.760. The van der Waals surface area contributed by atoms with Crippen LogP contribution in [0.1, 0.15) is 17.5 Å². The van der Waals surface area contributed by atoms with Gasteiger partial charge < -0.3 is 10.5 Å². The van der Waals surface area contributed by atoms with Gasteiger partial charge >= 0.3 is 0 Å². The van der Waals surface area contributed by atoms with Gasteiger partial charge in [0.05, 0.1) is 11.5 Å². The first kappa shape index (κ1) is 15.1. The lowest BCUT2D eigenvalue weighted by Crippen LogP contribution is -2.12. The highest BCUT2D eigenvalue weighted by Gasteiger charge is 2.15. The zero-order valence-electron chi connectivity index (χ0n) is 10.4. The van der Waals surface area contributed by atoms with Crippen LogP contribution in [-0.4, -0.2) is 27.9 Å². The number of rotatable bonds is 7. The molecule has 1 rings (SSSR count). The predicted octanol–water partition coefficient (Wildman–Crippen LogP) is 1.24. The minimum absolute atomic E-state index is 0.00681. The second kappa shape index (κ2) is 6.82. The van der Waals surface area contributed by atoms with Crippen molar-refractivity contribution in [2.24, 2.45) is 5.73 Å². The van der Waals surface area contributed by atoms with Gasteiger partial charge in [0.1, 0.15) is 5.82 Å². The van der Waals surface area contributed by atoms with Crippen molar-refractivity contribution in [2.75, 3.05) is 19.5 Å². The van der Waals surface area contributed by atoms with Crippen LogP contribution in [-0.2, 0) is 26.9 Å². The van der Waals surface area contributed by atoms with E-state index in [0.717, 1.165) is 5.56 Å². The van der Waals surface area contributed by atoms with Gasteiger partial charge in [-0.15, -0.1) is 0 Å². The molecule has 18 heavy (non-hydrogen) atoms. The van der Waals surface area contributed by atoms with E-state index in [9.17, 15) is 12.8 Å². The Hall–Kier alpha value is -0.980. The molecule has 0 saturated carbocycles. The minimum Gasteiger partial charge on any atom is -0.385 e. The molecule has 0 heterocycles. The second-order valence-electron chi connectivity index (χ2n) is 4.07. The van der Waals surface area contributed by atoms with Gasteiger partial charge in [0.2, 0.25) is 0 Å². The van der Waals surface area contributed by atoms with Crippen molar-refractivity contribution in [2.45, 2.75) is 18.7 Å². The number of ether oxygens (including phenoxy) is 1. The number of hydrogen-bond donors (Lipinski definition) is 1. The van der Waals surface area contributed by atoms with E-state index in [0.29, 0.717) is 13.0 Å². The Bertz CT molecular complexity index is 488. The van der Waals surface area contributed by atoms with Gasteiger partial charge in [0.15, 0.2) is 9.84 Å². The van der Waals surface area contributed by atoms with Gasteiger partial charge in [-0.05, 0) is 18.1 Å². The average molecular weight is 275 g/mol. The van der Waals surface area contributed by atoms with E-state index in [2.05, 4.69) is 0 Å². The van der Waals surface area contributed by atoms with Gasteiger partial charge in [0, 0.05) is 25.8 Å². The first-order valence-corrected chi connectivity index (χ1v) is 7.47. The summed E-state index contributed by atoms with van der Waals surface area (Å²) in [5, 5.41) is 0. The SMILES string of the molecule is COCCCS(=O)(=O)Cc1cc(CN)ccc1F. The molecule has 0 amide bonds. The zero-order valence-corrected chi connectivity index (χ0v) is 11.2. The molecule has 0 saturated heterocycles. The fraction of sp³-hybridized carbons (Fsp3) is 0.500. The molecule has 2 N–H and O–H groups in total. The summed E-state index contributed by atoms with van der Waals surface area (Å²) in [5.74, 6) is -0.814. The standard InChI is InChI=1S/C12H18FNO3S/c1-17-5-2-6-18(15,16)9-11-7-10(8-14)3-4-12(11)13/h3-4,7H,2,5-6,8-9,14H2,1H3. The molecule has 0 atom stereocenters. The van der Waals surface area contributed by atoms with Gasteiger partial charge in [-0.1, -0.05) is 12.1 Å². The summed E-state index contributed by atoms with van der Waals surface area (Å²) >= 11 is 0. The topological polar surface area (TPSA) is 69.4 Å². The van der Waals surface area contributed by atoms with Crippen molar-refractivity contribution in [3.63, 3.8) is 0 Å². The van der Waals surface area contributed by atoms with E-state index in [1.54, 1.807) is 6.07 Å². The smallest absolute Gasteiger partial charge is 0.154 e. The number of benzene rings is 1. The molecule has 1 aromatic carbocycles. The highest BCUT2D eigenvalue weighted by Crippen LogP contribution is 2.14. The maximum atomic E-state index is 13.5. The molecular weight excluding hydrogens is 257 g/mol. The van der Waals surface area contributed by atoms with Crippen LogP contribution in [0.5, 0.6) is 0 Å². The summed E-state index contributed by atoms with van der Waals surface area (Å²) in [6.45, 7) is 0.640. The van der Waals surface area contributed by atoms with Crippen molar-refractivity contribution >= 4 is 9.84 Å². The molecule has 0 fully saturated rings. The first-order chi connectivity index (χ1) is 8.48. The van der Waals surface area contributed by atoms with Crippen molar-refractivity contribution in [1.82, 2.24) is 0 Å². The molecular formula is C12H18FNO3S. The third-order valence-corrected chi connectivity index (χ3v) is 4.19. The van der Waals surface area contributed by atoms with Crippen molar-refractivity contribution in [3.8, 4) is 0 Å². The van der Waals surface area contributed by atoms with E-state index in [1.807, 2.05) is 0 Å². The van der Waals surface area contributed by atoms with E-state index < -0.39 is 15.7 Å². The Morgan fingerprint density at radius 1 is 1.39 bits per heavy atom. The lowest BCUT2D eigenvalue weighted by atomic mass is 10.1. The number of nitrogens with two attached hydrogens (primary N) is 1. The highest BCUT2D eigenvalue weighted by molar-refractivity contribution is 7.90. The molecule has 0 radical (unpaired) electrons. The van der Waals surface area contributed by atoms with Crippen LogP contribution in [0.25, 0.3) is 0 Å².